The highest BCUT2D eigenvalue weighted by Gasteiger charge is 2.32. The minimum Gasteiger partial charge on any atom is -0.493 e. The predicted octanol–water partition coefficient (Wildman–Crippen LogP) is 3.05. The lowest BCUT2D eigenvalue weighted by atomic mass is 9.93. The van der Waals surface area contributed by atoms with Crippen LogP contribution < -0.4 is 4.74 Å². The molecule has 2 amide bonds. The average molecular weight is 385 g/mol. The zero-order valence-electron chi connectivity index (χ0n) is 17.0. The minimum absolute atomic E-state index is 0.0168. The van der Waals surface area contributed by atoms with E-state index >= 15 is 0 Å². The van der Waals surface area contributed by atoms with Crippen molar-refractivity contribution >= 4 is 11.8 Å². The number of fused-ring (bicyclic) bond motifs is 1. The van der Waals surface area contributed by atoms with Gasteiger partial charge in [0.15, 0.2) is 0 Å². The topological polar surface area (TPSA) is 49.9 Å². The Morgan fingerprint density at radius 3 is 2.57 bits per heavy atom. The molecule has 0 bridgehead atoms. The Bertz CT molecular complexity index is 725. The third kappa shape index (κ3) is 4.34. The largest absolute Gasteiger partial charge is 0.493 e. The molecular formula is C23H32N2O3. The van der Waals surface area contributed by atoms with Gasteiger partial charge in [0.25, 0.3) is 0 Å². The van der Waals surface area contributed by atoms with Crippen LogP contribution in [0, 0.1) is 11.8 Å². The molecule has 1 aliphatic carbocycles. The maximum atomic E-state index is 12.9. The number of likely N-dealkylation sites (tertiary alicyclic amines) is 2. The van der Waals surface area contributed by atoms with E-state index in [1.165, 1.54) is 30.4 Å². The molecule has 5 heteroatoms. The summed E-state index contributed by atoms with van der Waals surface area (Å²) in [4.78, 5) is 28.3. The van der Waals surface area contributed by atoms with E-state index in [1.54, 1.807) is 6.92 Å². The smallest absolute Gasteiger partial charge is 0.227 e. The fourth-order valence-corrected chi connectivity index (χ4v) is 4.89. The summed E-state index contributed by atoms with van der Waals surface area (Å²) >= 11 is 0. The van der Waals surface area contributed by atoms with Gasteiger partial charge in [0, 0.05) is 33.1 Å². The number of carbonyl (C=O) groups is 2. The fourth-order valence-electron chi connectivity index (χ4n) is 4.89. The predicted molar refractivity (Wildman–Crippen MR) is 108 cm³/mol. The van der Waals surface area contributed by atoms with Crippen LogP contribution >= 0.6 is 0 Å². The summed E-state index contributed by atoms with van der Waals surface area (Å²) in [5.74, 6) is 1.81. The molecule has 4 rings (SSSR count). The molecule has 2 fully saturated rings. The summed E-state index contributed by atoms with van der Waals surface area (Å²) in [5.41, 5.74) is 2.93. The second-order valence-electron chi connectivity index (χ2n) is 8.67. The van der Waals surface area contributed by atoms with E-state index in [9.17, 15) is 9.59 Å². The molecule has 2 saturated heterocycles. The Balaban J connectivity index is 1.23. The maximum absolute atomic E-state index is 12.9. The van der Waals surface area contributed by atoms with E-state index in [1.807, 2.05) is 9.80 Å². The van der Waals surface area contributed by atoms with Crippen LogP contribution in [0.25, 0.3) is 0 Å². The van der Waals surface area contributed by atoms with Crippen molar-refractivity contribution in [1.82, 2.24) is 9.80 Å². The molecule has 5 nitrogen and oxygen atoms in total. The number of aryl methyl sites for hydroxylation is 2. The lowest BCUT2D eigenvalue weighted by Gasteiger charge is -2.37. The number of hydrogen-bond donors (Lipinski definition) is 0. The maximum Gasteiger partial charge on any atom is 0.227 e. The van der Waals surface area contributed by atoms with Crippen LogP contribution in [0.3, 0.4) is 0 Å². The van der Waals surface area contributed by atoms with Gasteiger partial charge in [-0.2, -0.15) is 0 Å². The van der Waals surface area contributed by atoms with Gasteiger partial charge in [-0.3, -0.25) is 9.59 Å². The number of amides is 2. The van der Waals surface area contributed by atoms with Crippen LogP contribution in [-0.4, -0.2) is 54.4 Å². The Kier molecular flexibility index (Phi) is 5.88. The quantitative estimate of drug-likeness (QED) is 0.802. The molecular weight excluding hydrogens is 352 g/mol. The monoisotopic (exact) mass is 384 g/mol. The second-order valence-corrected chi connectivity index (χ2v) is 8.67. The van der Waals surface area contributed by atoms with Crippen molar-refractivity contribution in [3.63, 3.8) is 0 Å². The van der Waals surface area contributed by atoms with Gasteiger partial charge < -0.3 is 14.5 Å². The molecule has 1 atom stereocenters. The molecule has 0 spiro atoms. The number of rotatable bonds is 4. The molecule has 0 N–H and O–H groups in total. The number of ether oxygens (including phenoxy) is 1. The molecule has 1 aromatic carbocycles. The number of piperidine rings is 2. The molecule has 0 radical (unpaired) electrons. The molecule has 152 valence electrons. The summed E-state index contributed by atoms with van der Waals surface area (Å²) in [6.45, 7) is 5.35. The van der Waals surface area contributed by atoms with Crippen molar-refractivity contribution in [2.75, 3.05) is 32.8 Å². The van der Waals surface area contributed by atoms with Crippen LogP contribution in [0.1, 0.15) is 50.2 Å². The molecule has 1 aromatic rings. The summed E-state index contributed by atoms with van der Waals surface area (Å²) in [7, 11) is 0. The van der Waals surface area contributed by atoms with E-state index < -0.39 is 0 Å². The van der Waals surface area contributed by atoms with Crippen molar-refractivity contribution in [1.29, 1.82) is 0 Å². The normalized spacial score (nSPS) is 22.8. The van der Waals surface area contributed by atoms with Gasteiger partial charge >= 0.3 is 0 Å². The molecule has 2 heterocycles. The van der Waals surface area contributed by atoms with Crippen LogP contribution in [0.15, 0.2) is 18.2 Å². The Labute approximate surface area is 168 Å². The third-order valence-electron chi connectivity index (χ3n) is 6.70. The highest BCUT2D eigenvalue weighted by atomic mass is 16.5. The van der Waals surface area contributed by atoms with Gasteiger partial charge in [0.1, 0.15) is 5.75 Å². The Morgan fingerprint density at radius 2 is 1.79 bits per heavy atom. The zero-order chi connectivity index (χ0) is 19.5. The first-order chi connectivity index (χ1) is 13.6. The summed E-state index contributed by atoms with van der Waals surface area (Å²) in [6, 6.07) is 6.53. The van der Waals surface area contributed by atoms with E-state index in [2.05, 4.69) is 18.2 Å². The standard InChI is InChI=1S/C23H32N2O3/c1-17(26)25-11-3-6-21(15-25)23(27)24-12-9-18(10-13-24)16-28-22-8-7-19-4-2-5-20(19)14-22/h7-8,14,18,21H,2-6,9-13,15-16H2,1H3/t21-/m1/s1. The Morgan fingerprint density at radius 1 is 1.00 bits per heavy atom. The zero-order valence-corrected chi connectivity index (χ0v) is 17.0. The van der Waals surface area contributed by atoms with Crippen LogP contribution in [-0.2, 0) is 22.4 Å². The number of hydrogen-bond acceptors (Lipinski definition) is 3. The van der Waals surface area contributed by atoms with Crippen LogP contribution in [0.4, 0.5) is 0 Å². The van der Waals surface area contributed by atoms with Crippen molar-refractivity contribution in [3.05, 3.63) is 29.3 Å². The number of nitrogens with zero attached hydrogens (tertiary/aromatic N) is 2. The van der Waals surface area contributed by atoms with E-state index in [0.717, 1.165) is 57.7 Å². The van der Waals surface area contributed by atoms with Crippen LogP contribution in [0.5, 0.6) is 5.75 Å². The first kappa shape index (κ1) is 19.3. The lowest BCUT2D eigenvalue weighted by molar-refractivity contribution is -0.141. The van der Waals surface area contributed by atoms with Crippen molar-refractivity contribution < 1.29 is 14.3 Å². The summed E-state index contributed by atoms with van der Waals surface area (Å²) in [5, 5.41) is 0. The van der Waals surface area contributed by atoms with Gasteiger partial charge in [-0.15, -0.1) is 0 Å². The van der Waals surface area contributed by atoms with Gasteiger partial charge in [0.2, 0.25) is 11.8 Å². The van der Waals surface area contributed by atoms with E-state index in [4.69, 9.17) is 4.74 Å². The number of carbonyl (C=O) groups excluding carboxylic acids is 2. The minimum atomic E-state index is -0.0168. The van der Waals surface area contributed by atoms with E-state index in [-0.39, 0.29) is 17.7 Å². The molecule has 0 unspecified atom stereocenters. The van der Waals surface area contributed by atoms with Gasteiger partial charge in [-0.1, -0.05) is 6.07 Å². The first-order valence-electron chi connectivity index (χ1n) is 10.9. The molecule has 28 heavy (non-hydrogen) atoms. The molecule has 0 aromatic heterocycles. The third-order valence-corrected chi connectivity index (χ3v) is 6.70. The summed E-state index contributed by atoms with van der Waals surface area (Å²) in [6.07, 6.45) is 7.48. The first-order valence-corrected chi connectivity index (χ1v) is 10.9. The van der Waals surface area contributed by atoms with Gasteiger partial charge in [0.05, 0.1) is 12.5 Å². The van der Waals surface area contributed by atoms with Crippen LogP contribution in [0.2, 0.25) is 0 Å². The number of benzene rings is 1. The highest BCUT2D eigenvalue weighted by Crippen LogP contribution is 2.28. The molecule has 3 aliphatic rings. The van der Waals surface area contributed by atoms with Gasteiger partial charge in [-0.05, 0) is 74.1 Å². The van der Waals surface area contributed by atoms with Crippen molar-refractivity contribution in [2.24, 2.45) is 11.8 Å². The van der Waals surface area contributed by atoms with Crippen molar-refractivity contribution in [3.8, 4) is 5.75 Å². The fraction of sp³-hybridized carbons (Fsp3) is 0.652. The van der Waals surface area contributed by atoms with Gasteiger partial charge in [-0.25, -0.2) is 0 Å². The highest BCUT2D eigenvalue weighted by molar-refractivity contribution is 5.81. The van der Waals surface area contributed by atoms with E-state index in [0.29, 0.717) is 12.5 Å². The average Bonchev–Trinajstić information content (AvgIpc) is 3.20. The van der Waals surface area contributed by atoms with Crippen molar-refractivity contribution in [2.45, 2.75) is 51.9 Å². The molecule has 0 saturated carbocycles. The SMILES string of the molecule is CC(=O)N1CCC[C@@H](C(=O)N2CCC(COc3ccc4c(c3)CCC4)CC2)C1. The molecule has 2 aliphatic heterocycles. The lowest BCUT2D eigenvalue weighted by Crippen LogP contribution is -2.48. The second kappa shape index (κ2) is 8.54. The summed E-state index contributed by atoms with van der Waals surface area (Å²) < 4.78 is 6.08. The Hall–Kier alpha value is -2.04.